The van der Waals surface area contributed by atoms with Crippen molar-refractivity contribution in [2.45, 2.75) is 13.3 Å². The van der Waals surface area contributed by atoms with Crippen molar-refractivity contribution in [1.82, 2.24) is 4.98 Å². The number of pyridine rings is 1. The molecule has 1 aromatic carbocycles. The smallest absolute Gasteiger partial charge is 0.250 e. The molecule has 1 aromatic heterocycles. The fourth-order valence-corrected chi connectivity index (χ4v) is 1.78. The van der Waals surface area contributed by atoms with Crippen LogP contribution in [0, 0.1) is 6.92 Å². The van der Waals surface area contributed by atoms with E-state index >= 15 is 0 Å². The summed E-state index contributed by atoms with van der Waals surface area (Å²) in [5, 5.41) is 3.25. The fraction of sp³-hybridized carbons (Fsp3) is 0.214. The molecule has 0 bridgehead atoms. The van der Waals surface area contributed by atoms with Crippen LogP contribution in [0.4, 0.5) is 5.69 Å². The first kappa shape index (κ1) is 11.5. The Bertz CT molecular complexity index is 531. The number of aromatic nitrogens is 1. The van der Waals surface area contributed by atoms with Crippen LogP contribution in [0.1, 0.15) is 11.3 Å². The van der Waals surface area contributed by atoms with Gasteiger partial charge in [0, 0.05) is 24.0 Å². The van der Waals surface area contributed by atoms with E-state index < -0.39 is 0 Å². The Hall–Kier alpha value is -2.03. The molecule has 0 aliphatic heterocycles. The van der Waals surface area contributed by atoms with Crippen LogP contribution in [0.25, 0.3) is 0 Å². The van der Waals surface area contributed by atoms with Crippen LogP contribution >= 0.6 is 0 Å². The second kappa shape index (κ2) is 5.34. The molecule has 0 aliphatic rings. The van der Waals surface area contributed by atoms with E-state index in [1.165, 1.54) is 5.56 Å². The molecule has 1 heterocycles. The van der Waals surface area contributed by atoms with E-state index in [0.29, 0.717) is 0 Å². The van der Waals surface area contributed by atoms with Crippen LogP contribution in [-0.4, -0.2) is 11.5 Å². The molecule has 0 saturated heterocycles. The molecule has 3 heteroatoms. The van der Waals surface area contributed by atoms with Crippen molar-refractivity contribution in [2.24, 2.45) is 0 Å². The first-order valence-electron chi connectivity index (χ1n) is 5.73. The number of benzene rings is 1. The van der Waals surface area contributed by atoms with Crippen molar-refractivity contribution >= 4 is 5.69 Å². The maximum absolute atomic E-state index is 11.2. The third-order valence-electron chi connectivity index (χ3n) is 2.56. The van der Waals surface area contributed by atoms with E-state index in [1.54, 1.807) is 6.07 Å². The predicted octanol–water partition coefficient (Wildman–Crippen LogP) is 2.34. The van der Waals surface area contributed by atoms with Gasteiger partial charge in [0.2, 0.25) is 5.56 Å². The highest BCUT2D eigenvalue weighted by atomic mass is 16.1. The molecule has 0 amide bonds. The summed E-state index contributed by atoms with van der Waals surface area (Å²) in [6, 6.07) is 13.8. The molecule has 0 fully saturated rings. The Labute approximate surface area is 101 Å². The van der Waals surface area contributed by atoms with Crippen LogP contribution in [0.3, 0.4) is 0 Å². The SMILES string of the molecule is Cc1cc(NCCc2ccccc2)cc(=O)[nH]1. The number of H-pyrrole nitrogens is 1. The summed E-state index contributed by atoms with van der Waals surface area (Å²) in [4.78, 5) is 14.0. The Morgan fingerprint density at radius 2 is 1.94 bits per heavy atom. The van der Waals surface area contributed by atoms with Gasteiger partial charge in [0.15, 0.2) is 0 Å². The van der Waals surface area contributed by atoms with Gasteiger partial charge >= 0.3 is 0 Å². The van der Waals surface area contributed by atoms with Gasteiger partial charge in [-0.25, -0.2) is 0 Å². The van der Waals surface area contributed by atoms with Crippen LogP contribution in [0.15, 0.2) is 47.3 Å². The van der Waals surface area contributed by atoms with Crippen LogP contribution in [-0.2, 0) is 6.42 Å². The number of anilines is 1. The average Bonchev–Trinajstić information content (AvgIpc) is 2.29. The van der Waals surface area contributed by atoms with E-state index in [0.717, 1.165) is 24.3 Å². The minimum atomic E-state index is -0.0628. The molecule has 0 aliphatic carbocycles. The molecule has 0 atom stereocenters. The quantitative estimate of drug-likeness (QED) is 0.843. The van der Waals surface area contributed by atoms with Crippen LogP contribution < -0.4 is 10.9 Å². The highest BCUT2D eigenvalue weighted by Crippen LogP contribution is 2.05. The molecule has 3 nitrogen and oxygen atoms in total. The summed E-state index contributed by atoms with van der Waals surface area (Å²) >= 11 is 0. The van der Waals surface area contributed by atoms with Gasteiger partial charge in [-0.2, -0.15) is 0 Å². The Morgan fingerprint density at radius 3 is 2.65 bits per heavy atom. The number of rotatable bonds is 4. The monoisotopic (exact) mass is 228 g/mol. The van der Waals surface area contributed by atoms with Gasteiger partial charge in [-0.1, -0.05) is 30.3 Å². The Balaban J connectivity index is 1.92. The van der Waals surface area contributed by atoms with E-state index in [2.05, 4.69) is 22.4 Å². The van der Waals surface area contributed by atoms with E-state index in [-0.39, 0.29) is 5.56 Å². The maximum atomic E-state index is 11.2. The Morgan fingerprint density at radius 1 is 1.18 bits per heavy atom. The molecule has 2 rings (SSSR count). The third-order valence-corrected chi connectivity index (χ3v) is 2.56. The minimum Gasteiger partial charge on any atom is -0.385 e. The van der Waals surface area contributed by atoms with Gasteiger partial charge in [-0.15, -0.1) is 0 Å². The lowest BCUT2D eigenvalue weighted by molar-refractivity contribution is 1.01. The predicted molar refractivity (Wildman–Crippen MR) is 70.4 cm³/mol. The van der Waals surface area contributed by atoms with Gasteiger partial charge in [0.1, 0.15) is 0 Å². The molecule has 2 N–H and O–H groups in total. The highest BCUT2D eigenvalue weighted by Gasteiger charge is 1.96. The molecular formula is C14H16N2O. The summed E-state index contributed by atoms with van der Waals surface area (Å²) in [6.07, 6.45) is 0.951. The Kier molecular flexibility index (Phi) is 3.60. The maximum Gasteiger partial charge on any atom is 0.250 e. The zero-order valence-electron chi connectivity index (χ0n) is 9.86. The second-order valence-corrected chi connectivity index (χ2v) is 4.08. The average molecular weight is 228 g/mol. The molecule has 17 heavy (non-hydrogen) atoms. The van der Waals surface area contributed by atoms with Gasteiger partial charge < -0.3 is 10.3 Å². The molecule has 0 unspecified atom stereocenters. The summed E-state index contributed by atoms with van der Waals surface area (Å²) < 4.78 is 0. The first-order chi connectivity index (χ1) is 8.24. The third kappa shape index (κ3) is 3.48. The summed E-state index contributed by atoms with van der Waals surface area (Å²) in [6.45, 7) is 2.71. The zero-order valence-corrected chi connectivity index (χ0v) is 9.86. The zero-order chi connectivity index (χ0) is 12.1. The van der Waals surface area contributed by atoms with Crippen molar-refractivity contribution in [3.63, 3.8) is 0 Å². The normalized spacial score (nSPS) is 10.2. The molecule has 88 valence electrons. The molecular weight excluding hydrogens is 212 g/mol. The summed E-state index contributed by atoms with van der Waals surface area (Å²) in [7, 11) is 0. The summed E-state index contributed by atoms with van der Waals surface area (Å²) in [5.41, 5.74) is 2.98. The number of nitrogens with one attached hydrogen (secondary N) is 2. The van der Waals surface area contributed by atoms with Gasteiger partial charge in [-0.05, 0) is 25.0 Å². The largest absolute Gasteiger partial charge is 0.385 e. The van der Waals surface area contributed by atoms with Gasteiger partial charge in [-0.3, -0.25) is 4.79 Å². The highest BCUT2D eigenvalue weighted by molar-refractivity contribution is 5.43. The number of hydrogen-bond acceptors (Lipinski definition) is 2. The van der Waals surface area contributed by atoms with Gasteiger partial charge in [0.05, 0.1) is 0 Å². The van der Waals surface area contributed by atoms with Crippen molar-refractivity contribution < 1.29 is 0 Å². The molecule has 2 aromatic rings. The van der Waals surface area contributed by atoms with Crippen molar-refractivity contribution in [3.05, 3.63) is 64.1 Å². The van der Waals surface area contributed by atoms with Crippen LogP contribution in [0.2, 0.25) is 0 Å². The lowest BCUT2D eigenvalue weighted by atomic mass is 10.1. The first-order valence-corrected chi connectivity index (χ1v) is 5.73. The van der Waals surface area contributed by atoms with Crippen molar-refractivity contribution in [3.8, 4) is 0 Å². The minimum absolute atomic E-state index is 0.0628. The van der Waals surface area contributed by atoms with E-state index in [9.17, 15) is 4.79 Å². The van der Waals surface area contributed by atoms with Crippen LogP contribution in [0.5, 0.6) is 0 Å². The molecule has 0 radical (unpaired) electrons. The number of aromatic amines is 1. The van der Waals surface area contributed by atoms with Crippen molar-refractivity contribution in [2.75, 3.05) is 11.9 Å². The second-order valence-electron chi connectivity index (χ2n) is 4.08. The van der Waals surface area contributed by atoms with E-state index in [1.807, 2.05) is 31.2 Å². The lowest BCUT2D eigenvalue weighted by Gasteiger charge is -2.06. The number of aryl methyl sites for hydroxylation is 1. The lowest BCUT2D eigenvalue weighted by Crippen LogP contribution is -2.11. The number of hydrogen-bond donors (Lipinski definition) is 2. The van der Waals surface area contributed by atoms with Crippen molar-refractivity contribution in [1.29, 1.82) is 0 Å². The fourth-order valence-electron chi connectivity index (χ4n) is 1.78. The van der Waals surface area contributed by atoms with E-state index in [4.69, 9.17) is 0 Å². The summed E-state index contributed by atoms with van der Waals surface area (Å²) in [5.74, 6) is 0. The topological polar surface area (TPSA) is 44.9 Å². The molecule has 0 saturated carbocycles. The molecule has 0 spiro atoms. The van der Waals surface area contributed by atoms with Gasteiger partial charge in [0.25, 0.3) is 0 Å². The standard InChI is InChI=1S/C14H16N2O/c1-11-9-13(10-14(17)16-11)15-8-7-12-5-3-2-4-6-12/h2-6,9-10H,7-8H2,1H3,(H2,15,16,17).